The predicted molar refractivity (Wildman–Crippen MR) is 111 cm³/mol. The van der Waals surface area contributed by atoms with E-state index in [2.05, 4.69) is 5.32 Å². The molecular weight excluding hydrogens is 408 g/mol. The van der Waals surface area contributed by atoms with Gasteiger partial charge in [-0.1, -0.05) is 36.4 Å². The Morgan fingerprint density at radius 3 is 2.53 bits per heavy atom. The number of carbonyl (C=O) groups is 3. The van der Waals surface area contributed by atoms with E-state index in [1.807, 2.05) is 30.3 Å². The second-order valence-electron chi connectivity index (χ2n) is 7.80. The first-order chi connectivity index (χ1) is 14.2. The summed E-state index contributed by atoms with van der Waals surface area (Å²) < 4.78 is 15.9. The van der Waals surface area contributed by atoms with Gasteiger partial charge in [0.1, 0.15) is 6.61 Å². The lowest BCUT2D eigenvalue weighted by molar-refractivity contribution is -0.165. The van der Waals surface area contributed by atoms with Crippen molar-refractivity contribution < 1.29 is 28.6 Å². The molecule has 0 spiro atoms. The number of carbonyl (C=O) groups excluding carboxylic acids is 3. The van der Waals surface area contributed by atoms with Gasteiger partial charge in [-0.25, -0.2) is 14.5 Å². The minimum atomic E-state index is -1.90. The van der Waals surface area contributed by atoms with Crippen LogP contribution in [0.1, 0.15) is 19.4 Å². The van der Waals surface area contributed by atoms with E-state index in [0.29, 0.717) is 5.56 Å². The third-order valence-corrected chi connectivity index (χ3v) is 5.59. The molecule has 2 aliphatic heterocycles. The normalized spacial score (nSPS) is 24.9. The fourth-order valence-electron chi connectivity index (χ4n) is 3.90. The molecular formula is C21H20N2O6S. The molecule has 0 saturated carbocycles. The Balaban J connectivity index is 1.88. The van der Waals surface area contributed by atoms with Gasteiger partial charge in [-0.05, 0) is 42.9 Å². The van der Waals surface area contributed by atoms with Crippen LogP contribution in [-0.4, -0.2) is 53.3 Å². The fourth-order valence-corrected chi connectivity index (χ4v) is 4.15. The molecule has 0 bridgehead atoms. The predicted octanol–water partition coefficient (Wildman–Crippen LogP) is 2.24. The highest BCUT2D eigenvalue weighted by Crippen LogP contribution is 2.39. The SMILES string of the molecule is COC(=O)[C@@]1(c2ccc3ccccc3c2)OC(=S)N[C@H]1C(=O)N1C(=O)OCC1(C)C. The molecule has 0 unspecified atom stereocenters. The van der Waals surface area contributed by atoms with Gasteiger partial charge in [-0.15, -0.1) is 0 Å². The van der Waals surface area contributed by atoms with Crippen LogP contribution in [0.15, 0.2) is 42.5 Å². The smallest absolute Gasteiger partial charge is 0.417 e. The largest absolute Gasteiger partial charge is 0.466 e. The average molecular weight is 428 g/mol. The van der Waals surface area contributed by atoms with Crippen molar-refractivity contribution in [1.82, 2.24) is 10.2 Å². The summed E-state index contributed by atoms with van der Waals surface area (Å²) in [7, 11) is 1.20. The number of fused-ring (bicyclic) bond motifs is 1. The quantitative estimate of drug-likeness (QED) is 0.588. The van der Waals surface area contributed by atoms with E-state index < -0.39 is 35.2 Å². The first kappa shape index (κ1) is 20.1. The summed E-state index contributed by atoms with van der Waals surface area (Å²) in [5.74, 6) is -1.50. The van der Waals surface area contributed by atoms with Crippen molar-refractivity contribution in [3.63, 3.8) is 0 Å². The lowest BCUT2D eigenvalue weighted by atomic mass is 9.84. The number of methoxy groups -OCH3 is 1. The minimum absolute atomic E-state index is 0.0385. The van der Waals surface area contributed by atoms with Gasteiger partial charge in [0.05, 0.1) is 12.6 Å². The van der Waals surface area contributed by atoms with Crippen LogP contribution in [-0.2, 0) is 29.4 Å². The van der Waals surface area contributed by atoms with Gasteiger partial charge in [-0.3, -0.25) is 4.79 Å². The van der Waals surface area contributed by atoms with Crippen LogP contribution in [0.3, 0.4) is 0 Å². The number of thiocarbonyl (C=S) groups is 1. The molecule has 30 heavy (non-hydrogen) atoms. The number of nitrogens with zero attached hydrogens (tertiary/aromatic N) is 1. The van der Waals surface area contributed by atoms with Gasteiger partial charge in [-0.2, -0.15) is 0 Å². The van der Waals surface area contributed by atoms with E-state index in [9.17, 15) is 14.4 Å². The maximum absolute atomic E-state index is 13.5. The number of ether oxygens (including phenoxy) is 3. The van der Waals surface area contributed by atoms with E-state index in [1.54, 1.807) is 26.0 Å². The van der Waals surface area contributed by atoms with Crippen LogP contribution in [0.5, 0.6) is 0 Å². The monoisotopic (exact) mass is 428 g/mol. The van der Waals surface area contributed by atoms with Crippen LogP contribution in [0.4, 0.5) is 4.79 Å². The number of benzene rings is 2. The number of cyclic esters (lactones) is 1. The second-order valence-corrected chi connectivity index (χ2v) is 8.17. The van der Waals surface area contributed by atoms with Crippen LogP contribution in [0.25, 0.3) is 10.8 Å². The summed E-state index contributed by atoms with van der Waals surface area (Å²) in [5.41, 5.74) is -2.42. The van der Waals surface area contributed by atoms with Crippen LogP contribution in [0.2, 0.25) is 0 Å². The van der Waals surface area contributed by atoms with Gasteiger partial charge >= 0.3 is 12.1 Å². The summed E-state index contributed by atoms with van der Waals surface area (Å²) in [5, 5.41) is 4.40. The zero-order chi connectivity index (χ0) is 21.7. The molecule has 2 heterocycles. The summed E-state index contributed by atoms with van der Waals surface area (Å²) in [6.45, 7) is 3.43. The van der Waals surface area contributed by atoms with Crippen LogP contribution < -0.4 is 5.32 Å². The lowest BCUT2D eigenvalue weighted by Crippen LogP contribution is -2.60. The molecule has 0 aliphatic carbocycles. The van der Waals surface area contributed by atoms with Gasteiger partial charge in [0.2, 0.25) is 0 Å². The zero-order valence-electron chi connectivity index (χ0n) is 16.6. The fraction of sp³-hybridized carbons (Fsp3) is 0.333. The van der Waals surface area contributed by atoms with Crippen molar-refractivity contribution >= 4 is 46.1 Å². The Kier molecular flexibility index (Phi) is 4.65. The van der Waals surface area contributed by atoms with Crippen molar-refractivity contribution in [1.29, 1.82) is 0 Å². The number of imide groups is 1. The highest BCUT2D eigenvalue weighted by atomic mass is 32.1. The second kappa shape index (κ2) is 6.94. The van der Waals surface area contributed by atoms with Crippen molar-refractivity contribution in [2.24, 2.45) is 0 Å². The Hall–Kier alpha value is -3.20. The average Bonchev–Trinajstić information content (AvgIpc) is 3.22. The van der Waals surface area contributed by atoms with Gasteiger partial charge < -0.3 is 19.5 Å². The summed E-state index contributed by atoms with van der Waals surface area (Å²) >= 11 is 5.16. The molecule has 2 aliphatic rings. The van der Waals surface area contributed by atoms with E-state index in [0.717, 1.165) is 15.7 Å². The summed E-state index contributed by atoms with van der Waals surface area (Å²) in [6, 6.07) is 11.5. The van der Waals surface area contributed by atoms with Crippen molar-refractivity contribution in [2.75, 3.05) is 13.7 Å². The number of esters is 1. The molecule has 2 fully saturated rings. The number of hydrogen-bond acceptors (Lipinski definition) is 7. The van der Waals surface area contributed by atoms with Crippen LogP contribution in [0, 0.1) is 0 Å². The number of rotatable bonds is 3. The Morgan fingerprint density at radius 2 is 1.90 bits per heavy atom. The molecule has 2 amide bonds. The van der Waals surface area contributed by atoms with E-state index in [1.165, 1.54) is 7.11 Å². The molecule has 2 atom stereocenters. The minimum Gasteiger partial charge on any atom is -0.466 e. The summed E-state index contributed by atoms with van der Waals surface area (Å²) in [4.78, 5) is 39.8. The standard InChI is InChI=1S/C21H20N2O6S/c1-20(2)11-28-19(26)23(20)16(24)15-21(17(25)27-3,29-18(30)22-15)14-9-8-12-6-4-5-7-13(12)10-14/h4-10,15H,11H2,1-3H3,(H,22,30)/t15-,21-/m0/s1. The Bertz CT molecular complexity index is 1080. The third-order valence-electron chi connectivity index (χ3n) is 5.39. The molecule has 2 aromatic rings. The van der Waals surface area contributed by atoms with E-state index >= 15 is 0 Å². The van der Waals surface area contributed by atoms with Crippen molar-refractivity contribution in [3.05, 3.63) is 48.0 Å². The third kappa shape index (κ3) is 2.88. The molecule has 8 nitrogen and oxygen atoms in total. The van der Waals surface area contributed by atoms with E-state index in [4.69, 9.17) is 26.4 Å². The molecule has 4 rings (SSSR count). The lowest BCUT2D eigenvalue weighted by Gasteiger charge is -2.34. The van der Waals surface area contributed by atoms with Crippen molar-refractivity contribution in [2.45, 2.75) is 31.0 Å². The number of amides is 2. The van der Waals surface area contributed by atoms with Crippen molar-refractivity contribution in [3.8, 4) is 0 Å². The van der Waals surface area contributed by atoms with Gasteiger partial charge in [0, 0.05) is 5.56 Å². The summed E-state index contributed by atoms with van der Waals surface area (Å²) in [6.07, 6.45) is -0.790. The molecule has 0 radical (unpaired) electrons. The number of nitrogens with one attached hydrogen (secondary N) is 1. The molecule has 2 aromatic carbocycles. The molecule has 0 aromatic heterocycles. The Labute approximate surface area is 178 Å². The first-order valence-electron chi connectivity index (χ1n) is 9.29. The van der Waals surface area contributed by atoms with Crippen LogP contribution >= 0.6 is 12.2 Å². The molecule has 156 valence electrons. The maximum atomic E-state index is 13.5. The number of hydrogen-bond donors (Lipinski definition) is 1. The van der Waals surface area contributed by atoms with E-state index in [-0.39, 0.29) is 11.8 Å². The molecule has 2 saturated heterocycles. The Morgan fingerprint density at radius 1 is 1.20 bits per heavy atom. The maximum Gasteiger partial charge on any atom is 0.417 e. The zero-order valence-corrected chi connectivity index (χ0v) is 17.4. The highest BCUT2D eigenvalue weighted by molar-refractivity contribution is 7.80. The topological polar surface area (TPSA) is 94.2 Å². The van der Waals surface area contributed by atoms with Gasteiger partial charge in [0.25, 0.3) is 16.7 Å². The molecule has 1 N–H and O–H groups in total. The van der Waals surface area contributed by atoms with Gasteiger partial charge in [0.15, 0.2) is 6.04 Å². The highest BCUT2D eigenvalue weighted by Gasteiger charge is 2.62. The molecule has 9 heteroatoms. The first-order valence-corrected chi connectivity index (χ1v) is 9.69.